The first-order chi connectivity index (χ1) is 8.56. The molecule has 0 radical (unpaired) electrons. The molecule has 0 amide bonds. The summed E-state index contributed by atoms with van der Waals surface area (Å²) in [6, 6.07) is 6.08. The van der Waals surface area contributed by atoms with Crippen LogP contribution in [0, 0.1) is 5.82 Å². The summed E-state index contributed by atoms with van der Waals surface area (Å²) in [5, 5.41) is 3.85. The van der Waals surface area contributed by atoms with Gasteiger partial charge in [0.05, 0.1) is 5.69 Å². The van der Waals surface area contributed by atoms with Gasteiger partial charge in [-0.3, -0.25) is 0 Å². The SMILES string of the molecule is Fc1ccc(CNc2cc(Br)cnc2Cl)c(Cl)c1. The molecule has 0 aliphatic heterocycles. The van der Waals surface area contributed by atoms with Crippen molar-refractivity contribution in [3.63, 3.8) is 0 Å². The van der Waals surface area contributed by atoms with Crippen LogP contribution in [-0.4, -0.2) is 4.98 Å². The summed E-state index contributed by atoms with van der Waals surface area (Å²) in [4.78, 5) is 3.99. The zero-order chi connectivity index (χ0) is 13.1. The van der Waals surface area contributed by atoms with E-state index < -0.39 is 0 Å². The van der Waals surface area contributed by atoms with Gasteiger partial charge in [-0.25, -0.2) is 9.37 Å². The predicted molar refractivity (Wildman–Crippen MR) is 75.7 cm³/mol. The Morgan fingerprint density at radius 2 is 2.06 bits per heavy atom. The fourth-order valence-electron chi connectivity index (χ4n) is 1.40. The highest BCUT2D eigenvalue weighted by Gasteiger charge is 2.05. The topological polar surface area (TPSA) is 24.9 Å². The van der Waals surface area contributed by atoms with Crippen LogP contribution < -0.4 is 5.32 Å². The molecule has 0 aliphatic rings. The van der Waals surface area contributed by atoms with Crippen LogP contribution in [-0.2, 0) is 6.54 Å². The van der Waals surface area contributed by atoms with Crippen molar-refractivity contribution in [3.05, 3.63) is 56.5 Å². The van der Waals surface area contributed by atoms with Gasteiger partial charge < -0.3 is 5.32 Å². The Morgan fingerprint density at radius 1 is 1.28 bits per heavy atom. The van der Waals surface area contributed by atoms with Crippen LogP contribution in [0.15, 0.2) is 34.9 Å². The van der Waals surface area contributed by atoms with Crippen molar-refractivity contribution in [3.8, 4) is 0 Å². The molecule has 6 heteroatoms. The van der Waals surface area contributed by atoms with Crippen LogP contribution >= 0.6 is 39.1 Å². The molecule has 18 heavy (non-hydrogen) atoms. The van der Waals surface area contributed by atoms with E-state index >= 15 is 0 Å². The molecule has 0 aliphatic carbocycles. The lowest BCUT2D eigenvalue weighted by atomic mass is 10.2. The van der Waals surface area contributed by atoms with E-state index in [4.69, 9.17) is 23.2 Å². The molecule has 0 fully saturated rings. The summed E-state index contributed by atoms with van der Waals surface area (Å²) in [6.07, 6.45) is 1.61. The fraction of sp³-hybridized carbons (Fsp3) is 0.0833. The van der Waals surface area contributed by atoms with Crippen LogP contribution in [0.2, 0.25) is 10.2 Å². The zero-order valence-corrected chi connectivity index (χ0v) is 12.2. The first kappa shape index (κ1) is 13.6. The Bertz CT molecular complexity index is 578. The Hall–Kier alpha value is -0.840. The summed E-state index contributed by atoms with van der Waals surface area (Å²) in [5.74, 6) is -0.356. The van der Waals surface area contributed by atoms with Gasteiger partial charge in [0, 0.05) is 22.2 Å². The van der Waals surface area contributed by atoms with Crippen molar-refractivity contribution in [1.29, 1.82) is 0 Å². The van der Waals surface area contributed by atoms with Crippen LogP contribution in [0.4, 0.5) is 10.1 Å². The van der Waals surface area contributed by atoms with Gasteiger partial charge in [0.15, 0.2) is 5.15 Å². The molecule has 0 atom stereocenters. The van der Waals surface area contributed by atoms with E-state index in [1.165, 1.54) is 12.1 Å². The Balaban J connectivity index is 2.13. The van der Waals surface area contributed by atoms with Gasteiger partial charge in [-0.1, -0.05) is 29.3 Å². The molecule has 1 N–H and O–H groups in total. The summed E-state index contributed by atoms with van der Waals surface area (Å²) in [7, 11) is 0. The van der Waals surface area contributed by atoms with Crippen LogP contribution in [0.25, 0.3) is 0 Å². The van der Waals surface area contributed by atoms with Crippen LogP contribution in [0.5, 0.6) is 0 Å². The number of benzene rings is 1. The molecule has 2 rings (SSSR count). The van der Waals surface area contributed by atoms with E-state index in [1.54, 1.807) is 12.3 Å². The van der Waals surface area contributed by atoms with Gasteiger partial charge >= 0.3 is 0 Å². The van der Waals surface area contributed by atoms with Crippen molar-refractivity contribution in [2.75, 3.05) is 5.32 Å². The number of rotatable bonds is 3. The lowest BCUT2D eigenvalue weighted by Gasteiger charge is -2.09. The van der Waals surface area contributed by atoms with Crippen LogP contribution in [0.3, 0.4) is 0 Å². The number of aromatic nitrogens is 1. The van der Waals surface area contributed by atoms with E-state index in [1.807, 2.05) is 6.07 Å². The molecule has 1 aromatic heterocycles. The second-order valence-corrected chi connectivity index (χ2v) is 5.26. The smallest absolute Gasteiger partial charge is 0.152 e. The average molecular weight is 350 g/mol. The number of anilines is 1. The van der Waals surface area contributed by atoms with Crippen molar-refractivity contribution >= 4 is 44.8 Å². The van der Waals surface area contributed by atoms with Gasteiger partial charge in [-0.05, 0) is 39.7 Å². The van der Waals surface area contributed by atoms with E-state index in [0.29, 0.717) is 22.4 Å². The minimum Gasteiger partial charge on any atom is -0.378 e. The number of halogens is 4. The van der Waals surface area contributed by atoms with Crippen molar-refractivity contribution < 1.29 is 4.39 Å². The molecule has 2 nitrogen and oxygen atoms in total. The van der Waals surface area contributed by atoms with Gasteiger partial charge in [0.2, 0.25) is 0 Å². The van der Waals surface area contributed by atoms with E-state index in [0.717, 1.165) is 10.0 Å². The van der Waals surface area contributed by atoms with Crippen molar-refractivity contribution in [1.82, 2.24) is 4.98 Å². The van der Waals surface area contributed by atoms with Gasteiger partial charge in [0.25, 0.3) is 0 Å². The molecule has 0 bridgehead atoms. The van der Waals surface area contributed by atoms with E-state index in [2.05, 4.69) is 26.2 Å². The van der Waals surface area contributed by atoms with Gasteiger partial charge in [-0.2, -0.15) is 0 Å². The molecular formula is C12H8BrCl2FN2. The number of nitrogens with zero attached hydrogens (tertiary/aromatic N) is 1. The Kier molecular flexibility index (Phi) is 4.43. The molecule has 0 unspecified atom stereocenters. The van der Waals surface area contributed by atoms with Gasteiger partial charge in [0.1, 0.15) is 5.82 Å². The number of pyridine rings is 1. The molecular weight excluding hydrogens is 342 g/mol. The maximum atomic E-state index is 12.9. The molecule has 94 valence electrons. The second-order valence-electron chi connectivity index (χ2n) is 3.58. The summed E-state index contributed by atoms with van der Waals surface area (Å²) in [6.45, 7) is 0.441. The maximum Gasteiger partial charge on any atom is 0.152 e. The first-order valence-corrected chi connectivity index (χ1v) is 6.60. The maximum absolute atomic E-state index is 12.9. The molecule has 1 heterocycles. The molecule has 0 saturated carbocycles. The first-order valence-electron chi connectivity index (χ1n) is 5.05. The van der Waals surface area contributed by atoms with Gasteiger partial charge in [-0.15, -0.1) is 0 Å². The number of hydrogen-bond acceptors (Lipinski definition) is 2. The number of nitrogens with one attached hydrogen (secondary N) is 1. The van der Waals surface area contributed by atoms with E-state index in [9.17, 15) is 4.39 Å². The van der Waals surface area contributed by atoms with E-state index in [-0.39, 0.29) is 5.82 Å². The minimum atomic E-state index is -0.356. The predicted octanol–water partition coefficient (Wildman–Crippen LogP) is 4.90. The molecule has 0 saturated heterocycles. The monoisotopic (exact) mass is 348 g/mol. The summed E-state index contributed by atoms with van der Waals surface area (Å²) < 4.78 is 13.7. The van der Waals surface area contributed by atoms with Crippen LogP contribution in [0.1, 0.15) is 5.56 Å². The third kappa shape index (κ3) is 3.34. The second kappa shape index (κ2) is 5.87. The van der Waals surface area contributed by atoms with Crippen molar-refractivity contribution in [2.45, 2.75) is 6.54 Å². The Labute approximate surface area is 122 Å². The fourth-order valence-corrected chi connectivity index (χ4v) is 2.14. The summed E-state index contributed by atoms with van der Waals surface area (Å²) in [5.41, 5.74) is 1.47. The highest BCUT2D eigenvalue weighted by molar-refractivity contribution is 9.10. The average Bonchev–Trinajstić information content (AvgIpc) is 2.32. The minimum absolute atomic E-state index is 0.356. The van der Waals surface area contributed by atoms with Crippen molar-refractivity contribution in [2.24, 2.45) is 0 Å². The standard InChI is InChI=1S/C12H8BrCl2FN2/c13-8-3-11(12(15)18-6-8)17-5-7-1-2-9(16)4-10(7)14/h1-4,6,17H,5H2. The normalized spacial score (nSPS) is 10.4. The number of hydrogen-bond donors (Lipinski definition) is 1. The third-order valence-electron chi connectivity index (χ3n) is 2.29. The highest BCUT2D eigenvalue weighted by atomic mass is 79.9. The molecule has 2 aromatic rings. The molecule has 0 spiro atoms. The quantitative estimate of drug-likeness (QED) is 0.797. The lowest BCUT2D eigenvalue weighted by Crippen LogP contribution is -2.01. The highest BCUT2D eigenvalue weighted by Crippen LogP contribution is 2.25. The third-order valence-corrected chi connectivity index (χ3v) is 3.38. The molecule has 1 aromatic carbocycles. The largest absolute Gasteiger partial charge is 0.378 e. The Morgan fingerprint density at radius 3 is 2.78 bits per heavy atom. The summed E-state index contributed by atoms with van der Waals surface area (Å²) >= 11 is 15.2. The zero-order valence-electron chi connectivity index (χ0n) is 9.05. The lowest BCUT2D eigenvalue weighted by molar-refractivity contribution is 0.627.